The minimum atomic E-state index is -0.508. The summed E-state index contributed by atoms with van der Waals surface area (Å²) in [7, 11) is 0. The first-order valence-corrected chi connectivity index (χ1v) is 8.59. The van der Waals surface area contributed by atoms with Gasteiger partial charge < -0.3 is 10.6 Å². The molecule has 7 nitrogen and oxygen atoms in total. The van der Waals surface area contributed by atoms with Gasteiger partial charge in [0.25, 0.3) is 11.5 Å². The summed E-state index contributed by atoms with van der Waals surface area (Å²) in [5.41, 5.74) is 2.12. The smallest absolute Gasteiger partial charge is 0.266 e. The number of nitrogens with zero attached hydrogens (tertiary/aromatic N) is 2. The molecular formula is C19H22N4O3. The number of carbonyl (C=O) groups is 2. The Kier molecular flexibility index (Phi) is 4.88. The number of benzene rings is 1. The Morgan fingerprint density at radius 1 is 1.23 bits per heavy atom. The standard InChI is InChI=1S/C19H22N4O3/c1-11-4-5-12(2)16(8-11)22-17(24)10-23-13(3)20-9-15(19(23)26)18(25)21-14-6-7-14/h4-5,8-9,14H,6-7,10H2,1-3H3,(H,21,25)(H,22,24). The fourth-order valence-corrected chi connectivity index (χ4v) is 2.61. The maximum absolute atomic E-state index is 12.6. The van der Waals surface area contributed by atoms with Crippen molar-refractivity contribution in [2.45, 2.75) is 46.2 Å². The SMILES string of the molecule is Cc1ccc(C)c(NC(=O)Cn2c(C)ncc(C(=O)NC3CC3)c2=O)c1. The first kappa shape index (κ1) is 17.8. The molecule has 0 atom stereocenters. The summed E-state index contributed by atoms with van der Waals surface area (Å²) in [4.78, 5) is 41.3. The van der Waals surface area contributed by atoms with Crippen molar-refractivity contribution in [3.05, 3.63) is 57.3 Å². The molecule has 2 amide bonds. The van der Waals surface area contributed by atoms with Gasteiger partial charge in [0.15, 0.2) is 0 Å². The lowest BCUT2D eigenvalue weighted by Crippen LogP contribution is -2.37. The minimum Gasteiger partial charge on any atom is -0.349 e. The fourth-order valence-electron chi connectivity index (χ4n) is 2.61. The molecule has 136 valence electrons. The number of anilines is 1. The summed E-state index contributed by atoms with van der Waals surface area (Å²) in [6.45, 7) is 5.28. The van der Waals surface area contributed by atoms with E-state index in [0.717, 1.165) is 24.0 Å². The van der Waals surface area contributed by atoms with Gasteiger partial charge in [-0.15, -0.1) is 0 Å². The minimum absolute atomic E-state index is 0.0398. The molecule has 1 aromatic heterocycles. The number of rotatable bonds is 5. The van der Waals surface area contributed by atoms with Crippen molar-refractivity contribution < 1.29 is 9.59 Å². The van der Waals surface area contributed by atoms with Crippen LogP contribution in [0.3, 0.4) is 0 Å². The van der Waals surface area contributed by atoms with Gasteiger partial charge in [-0.2, -0.15) is 0 Å². The molecule has 1 fully saturated rings. The molecule has 0 aliphatic heterocycles. The van der Waals surface area contributed by atoms with Gasteiger partial charge >= 0.3 is 0 Å². The molecule has 0 spiro atoms. The maximum Gasteiger partial charge on any atom is 0.266 e. The zero-order chi connectivity index (χ0) is 18.8. The Morgan fingerprint density at radius 3 is 2.65 bits per heavy atom. The Labute approximate surface area is 151 Å². The topological polar surface area (TPSA) is 93.1 Å². The van der Waals surface area contributed by atoms with Crippen molar-refractivity contribution in [3.63, 3.8) is 0 Å². The zero-order valence-electron chi connectivity index (χ0n) is 15.1. The van der Waals surface area contributed by atoms with E-state index in [1.54, 1.807) is 6.92 Å². The highest BCUT2D eigenvalue weighted by Crippen LogP contribution is 2.19. The lowest BCUT2D eigenvalue weighted by molar-refractivity contribution is -0.116. The van der Waals surface area contributed by atoms with E-state index in [-0.39, 0.29) is 24.1 Å². The predicted octanol–water partition coefficient (Wildman–Crippen LogP) is 1.70. The number of amides is 2. The highest BCUT2D eigenvalue weighted by molar-refractivity contribution is 5.94. The first-order chi connectivity index (χ1) is 12.3. The molecule has 1 saturated carbocycles. The number of aryl methyl sites for hydroxylation is 3. The van der Waals surface area contributed by atoms with Crippen LogP contribution in [-0.2, 0) is 11.3 Å². The summed E-state index contributed by atoms with van der Waals surface area (Å²) < 4.78 is 1.22. The van der Waals surface area contributed by atoms with Crippen LogP contribution in [0.15, 0.2) is 29.2 Å². The number of carbonyl (C=O) groups excluding carboxylic acids is 2. The van der Waals surface area contributed by atoms with E-state index in [9.17, 15) is 14.4 Å². The number of hydrogen-bond acceptors (Lipinski definition) is 4. The third-order valence-corrected chi connectivity index (χ3v) is 4.37. The van der Waals surface area contributed by atoms with Crippen LogP contribution in [0.4, 0.5) is 5.69 Å². The first-order valence-electron chi connectivity index (χ1n) is 8.59. The van der Waals surface area contributed by atoms with Crippen molar-refractivity contribution in [3.8, 4) is 0 Å². The van der Waals surface area contributed by atoms with Crippen LogP contribution in [0.1, 0.15) is 40.2 Å². The molecule has 0 radical (unpaired) electrons. The number of aromatic nitrogens is 2. The molecule has 1 aliphatic rings. The van der Waals surface area contributed by atoms with Crippen LogP contribution >= 0.6 is 0 Å². The Morgan fingerprint density at radius 2 is 1.96 bits per heavy atom. The van der Waals surface area contributed by atoms with Gasteiger partial charge in [0, 0.05) is 17.9 Å². The lowest BCUT2D eigenvalue weighted by atomic mass is 10.1. The molecule has 0 saturated heterocycles. The lowest BCUT2D eigenvalue weighted by Gasteiger charge is -2.13. The van der Waals surface area contributed by atoms with Gasteiger partial charge in [0.1, 0.15) is 17.9 Å². The van der Waals surface area contributed by atoms with E-state index in [4.69, 9.17) is 0 Å². The quantitative estimate of drug-likeness (QED) is 0.855. The van der Waals surface area contributed by atoms with Crippen LogP contribution in [0.5, 0.6) is 0 Å². The highest BCUT2D eigenvalue weighted by atomic mass is 16.2. The molecule has 7 heteroatoms. The second kappa shape index (κ2) is 7.11. The van der Waals surface area contributed by atoms with E-state index in [1.807, 2.05) is 32.0 Å². The largest absolute Gasteiger partial charge is 0.349 e. The van der Waals surface area contributed by atoms with Crippen LogP contribution in [0.2, 0.25) is 0 Å². The third kappa shape index (κ3) is 3.99. The van der Waals surface area contributed by atoms with E-state index < -0.39 is 11.5 Å². The molecule has 3 rings (SSSR count). The van der Waals surface area contributed by atoms with E-state index in [0.29, 0.717) is 11.5 Å². The van der Waals surface area contributed by atoms with Crippen LogP contribution in [0.25, 0.3) is 0 Å². The molecular weight excluding hydrogens is 332 g/mol. The van der Waals surface area contributed by atoms with Crippen molar-refractivity contribution in [1.29, 1.82) is 0 Å². The normalized spacial score (nSPS) is 13.3. The van der Waals surface area contributed by atoms with Crippen molar-refractivity contribution in [2.75, 3.05) is 5.32 Å². The Bertz CT molecular complexity index is 929. The van der Waals surface area contributed by atoms with E-state index in [2.05, 4.69) is 15.6 Å². The Hall–Kier alpha value is -2.96. The van der Waals surface area contributed by atoms with Gasteiger partial charge in [-0.1, -0.05) is 12.1 Å². The summed E-state index contributed by atoms with van der Waals surface area (Å²) in [6.07, 6.45) is 3.13. The van der Waals surface area contributed by atoms with Crippen LogP contribution < -0.4 is 16.2 Å². The molecule has 0 bridgehead atoms. The summed E-state index contributed by atoms with van der Waals surface area (Å²) in [5, 5.41) is 5.59. The summed E-state index contributed by atoms with van der Waals surface area (Å²) in [5.74, 6) is -0.395. The molecule has 1 aromatic carbocycles. The van der Waals surface area contributed by atoms with Crippen molar-refractivity contribution in [1.82, 2.24) is 14.9 Å². The average molecular weight is 354 g/mol. The molecule has 2 N–H and O–H groups in total. The third-order valence-electron chi connectivity index (χ3n) is 4.37. The van der Waals surface area contributed by atoms with Gasteiger partial charge in [-0.3, -0.25) is 19.0 Å². The number of hydrogen-bond donors (Lipinski definition) is 2. The van der Waals surface area contributed by atoms with Crippen LogP contribution in [-0.4, -0.2) is 27.4 Å². The van der Waals surface area contributed by atoms with E-state index in [1.165, 1.54) is 10.8 Å². The van der Waals surface area contributed by atoms with Gasteiger partial charge in [-0.05, 0) is 50.8 Å². The molecule has 1 aliphatic carbocycles. The second-order valence-electron chi connectivity index (χ2n) is 6.72. The van der Waals surface area contributed by atoms with Crippen LogP contribution in [0, 0.1) is 20.8 Å². The number of nitrogens with one attached hydrogen (secondary N) is 2. The summed E-state index contributed by atoms with van der Waals surface area (Å²) >= 11 is 0. The van der Waals surface area contributed by atoms with Crippen molar-refractivity contribution in [2.24, 2.45) is 0 Å². The monoisotopic (exact) mass is 354 g/mol. The van der Waals surface area contributed by atoms with Gasteiger partial charge in [-0.25, -0.2) is 4.98 Å². The van der Waals surface area contributed by atoms with Gasteiger partial charge in [0.05, 0.1) is 0 Å². The van der Waals surface area contributed by atoms with E-state index >= 15 is 0 Å². The molecule has 26 heavy (non-hydrogen) atoms. The maximum atomic E-state index is 12.6. The highest BCUT2D eigenvalue weighted by Gasteiger charge is 2.26. The van der Waals surface area contributed by atoms with Gasteiger partial charge in [0.2, 0.25) is 5.91 Å². The zero-order valence-corrected chi connectivity index (χ0v) is 15.1. The predicted molar refractivity (Wildman–Crippen MR) is 98.3 cm³/mol. The average Bonchev–Trinajstić information content (AvgIpc) is 3.38. The summed E-state index contributed by atoms with van der Waals surface area (Å²) in [6, 6.07) is 5.91. The second-order valence-corrected chi connectivity index (χ2v) is 6.72. The fraction of sp³-hybridized carbons (Fsp3) is 0.368. The Balaban J connectivity index is 1.80. The molecule has 1 heterocycles. The molecule has 2 aromatic rings. The van der Waals surface area contributed by atoms with Crippen molar-refractivity contribution >= 4 is 17.5 Å². The molecule has 0 unspecified atom stereocenters.